The molecule has 17 N–H and O–H groups in total. The fourth-order valence-corrected chi connectivity index (χ4v) is 9.43. The molecule has 7 rings (SSSR count). The van der Waals surface area contributed by atoms with E-state index >= 15 is 0 Å². The van der Waals surface area contributed by atoms with Gasteiger partial charge in [-0.05, 0) is 67.3 Å². The Kier molecular flexibility index (Phi) is 19.3. The molecule has 1 fully saturated rings. The minimum atomic E-state index is -1.64. The molecule has 3 aromatic heterocycles. The van der Waals surface area contributed by atoms with Crippen molar-refractivity contribution >= 4 is 69.8 Å². The number of nitrogens with two attached hydrogens (primary N) is 4. The van der Waals surface area contributed by atoms with E-state index in [1.165, 1.54) is 22.1 Å². The van der Waals surface area contributed by atoms with Gasteiger partial charge in [0.1, 0.15) is 42.3 Å². The van der Waals surface area contributed by atoms with Gasteiger partial charge in [0.15, 0.2) is 5.96 Å². The number of aliphatic imine (C=N–C) groups is 1. The van der Waals surface area contributed by atoms with Gasteiger partial charge in [-0.15, -0.1) is 5.10 Å². The molecule has 2 aromatic carbocycles. The van der Waals surface area contributed by atoms with Crippen molar-refractivity contribution in [2.24, 2.45) is 33.8 Å². The predicted molar refractivity (Wildman–Crippen MR) is 283 cm³/mol. The van der Waals surface area contributed by atoms with E-state index in [9.17, 15) is 43.5 Å². The smallest absolute Gasteiger partial charge is 0.246 e. The highest BCUT2D eigenvalue weighted by Crippen LogP contribution is 2.23. The van der Waals surface area contributed by atoms with Crippen LogP contribution in [0.4, 0.5) is 5.69 Å². The van der Waals surface area contributed by atoms with Crippen LogP contribution in [0.2, 0.25) is 0 Å². The van der Waals surface area contributed by atoms with Crippen LogP contribution in [-0.2, 0) is 70.6 Å². The predicted octanol–water partition coefficient (Wildman–Crippen LogP) is -2.80. The van der Waals surface area contributed by atoms with Gasteiger partial charge >= 0.3 is 0 Å². The summed E-state index contributed by atoms with van der Waals surface area (Å²) in [5.41, 5.74) is 26.5. The number of hydrogen-bond acceptors (Lipinski definition) is 14. The maximum absolute atomic E-state index is 14.9. The molecule has 0 radical (unpaired) electrons. The van der Waals surface area contributed by atoms with Crippen LogP contribution >= 0.6 is 0 Å². The topological polar surface area (TPSA) is 424 Å². The van der Waals surface area contributed by atoms with E-state index in [0.29, 0.717) is 54.0 Å². The van der Waals surface area contributed by atoms with Crippen molar-refractivity contribution in [1.29, 1.82) is 0 Å². The van der Waals surface area contributed by atoms with Crippen LogP contribution in [0.1, 0.15) is 68.5 Å². The summed E-state index contributed by atoms with van der Waals surface area (Å²) in [5.74, 6) is -6.98. The summed E-state index contributed by atoms with van der Waals surface area (Å²) in [6, 6.07) is 3.46. The summed E-state index contributed by atoms with van der Waals surface area (Å²) >= 11 is 0. The van der Waals surface area contributed by atoms with Crippen LogP contribution in [0.5, 0.6) is 0 Å². The van der Waals surface area contributed by atoms with E-state index in [0.717, 1.165) is 10.9 Å². The van der Waals surface area contributed by atoms with E-state index in [-0.39, 0.29) is 51.0 Å². The Morgan fingerprint density at radius 2 is 1.44 bits per heavy atom. The number of para-hydroxylation sites is 1. The van der Waals surface area contributed by atoms with E-state index in [4.69, 9.17) is 22.9 Å². The Morgan fingerprint density at radius 1 is 0.744 bits per heavy atom. The van der Waals surface area contributed by atoms with Crippen molar-refractivity contribution in [3.63, 3.8) is 0 Å². The molecule has 416 valence electrons. The maximum atomic E-state index is 14.9. The molecule has 2 bridgehead atoms. The van der Waals surface area contributed by atoms with Gasteiger partial charge in [-0.25, -0.2) is 9.98 Å². The summed E-state index contributed by atoms with van der Waals surface area (Å²) < 4.78 is 1.51. The summed E-state index contributed by atoms with van der Waals surface area (Å²) in [4.78, 5) is 128. The third-order valence-corrected chi connectivity index (χ3v) is 13.6. The normalized spacial score (nSPS) is 24.0. The summed E-state index contributed by atoms with van der Waals surface area (Å²) in [7, 11) is 0. The number of nitrogens with zero attached hydrogens (tertiary/aromatic N) is 6. The zero-order chi connectivity index (χ0) is 56.0. The van der Waals surface area contributed by atoms with Crippen molar-refractivity contribution in [2.45, 2.75) is 127 Å². The number of imidazole rings is 1. The average Bonchev–Trinajstić information content (AvgIpc) is 4.27. The number of hydrogen-bond donors (Lipinski definition) is 13. The molecule has 8 amide bonds. The van der Waals surface area contributed by atoms with Crippen LogP contribution in [0.3, 0.4) is 0 Å². The number of aliphatic hydroxyl groups excluding tert-OH is 1. The zero-order valence-corrected chi connectivity index (χ0v) is 43.3. The van der Waals surface area contributed by atoms with Crippen molar-refractivity contribution in [3.8, 4) is 0 Å². The molecule has 0 aliphatic carbocycles. The maximum Gasteiger partial charge on any atom is 0.246 e. The second-order valence-electron chi connectivity index (χ2n) is 19.8. The number of carbonyl (C=O) groups excluding carboxylic acids is 8. The Hall–Kier alpha value is -8.72. The Labute approximate surface area is 448 Å². The first-order valence-corrected chi connectivity index (χ1v) is 25.8. The number of fused-ring (bicyclic) bond motifs is 4. The minimum Gasteiger partial charge on any atom is -0.394 e. The molecule has 0 spiro atoms. The molecular formula is C51H68N18O9. The highest BCUT2D eigenvalue weighted by molar-refractivity contribution is 5.98. The Bertz CT molecular complexity index is 2950. The molecule has 2 aliphatic rings. The van der Waals surface area contributed by atoms with Gasteiger partial charge in [0.05, 0.1) is 30.4 Å². The number of aromatic nitrogens is 6. The molecular weight excluding hydrogens is 1010 g/mol. The number of carbonyl (C=O) groups is 8. The molecule has 5 aromatic rings. The molecule has 0 saturated carbocycles. The Balaban J connectivity index is 1.21. The highest BCUT2D eigenvalue weighted by atomic mass is 16.3. The van der Waals surface area contributed by atoms with E-state index in [1.54, 1.807) is 56.6 Å². The van der Waals surface area contributed by atoms with Crippen LogP contribution in [0, 0.1) is 5.92 Å². The molecule has 8 atom stereocenters. The molecule has 1 saturated heterocycles. The van der Waals surface area contributed by atoms with Gasteiger partial charge in [0.25, 0.3) is 0 Å². The third kappa shape index (κ3) is 15.0. The highest BCUT2D eigenvalue weighted by Gasteiger charge is 2.41. The standard InChI is InChI=1S/C51H68N18O9/c1-27(2)42-49(77)60-36(43(53)71)21-32-24-68(67-66-32)16-6-5-9-34(52)44(72)61-37(18-28-12-14-30(15-13-28)59-51(54)55)45(73)63-39(20-31-23-56-26-58-31)50(78)69-17-7-11-41(69)48(76)62-38(46(74)64-40(25-70)47(75)65-42)19-29-22-57-35-10-4-3-8-33(29)35/h3-4,8,10,12-15,22-24,26-27,34,36-42,57,70H,5-7,9,11,16-21,25,52H2,1-2H3,(H2,53,71)(H,56,58)(H,60,77)(H,61,72)(H,62,76)(H,63,73)(H,64,74)(H,65,75)(H4,54,55,59)/t34-,36-,37+,38-,39-,40-,41-,42-/m0/s1. The lowest BCUT2D eigenvalue weighted by atomic mass is 10.0. The molecule has 78 heavy (non-hydrogen) atoms. The lowest BCUT2D eigenvalue weighted by molar-refractivity contribution is -0.142. The first-order valence-electron chi connectivity index (χ1n) is 25.8. The monoisotopic (exact) mass is 1080 g/mol. The molecule has 27 nitrogen and oxygen atoms in total. The van der Waals surface area contributed by atoms with Gasteiger partial charge in [0.2, 0.25) is 47.3 Å². The third-order valence-electron chi connectivity index (χ3n) is 13.6. The fraction of sp³-hybridized carbons (Fsp3) is 0.451. The molecule has 0 unspecified atom stereocenters. The van der Waals surface area contributed by atoms with E-state index < -0.39 is 108 Å². The average molecular weight is 1080 g/mol. The first kappa shape index (κ1) is 57.0. The van der Waals surface area contributed by atoms with Gasteiger partial charge in [-0.1, -0.05) is 49.4 Å². The number of benzene rings is 2. The number of aromatic amines is 2. The number of amides is 8. The second kappa shape index (κ2) is 26.4. The molecule has 27 heteroatoms. The van der Waals surface area contributed by atoms with E-state index in [1.807, 2.05) is 18.2 Å². The number of nitrogens with one attached hydrogen (secondary N) is 8. The van der Waals surface area contributed by atoms with Crippen LogP contribution in [-0.4, -0.2) is 155 Å². The first-order chi connectivity index (χ1) is 37.4. The number of guanidine groups is 1. The summed E-state index contributed by atoms with van der Waals surface area (Å²) in [6.45, 7) is 2.78. The SMILES string of the molecule is CC(C)[C@@H]1NC(=O)[C@H](CO)NC(=O)[C@H](Cc2c[nH]c3ccccc23)NC(=O)[C@@H]2CCCN2C(=O)[C@H](Cc2cnc[nH]2)NC(=O)[C@@H](Cc2ccc(N=C(N)N)cc2)NC(=O)[C@@H](N)CCCCn2cc(nn2)C[C@@H](C(N)=O)NC1=O. The number of H-pyrrole nitrogens is 2. The number of aliphatic hydroxyl groups is 1. The number of primary amides is 1. The molecule has 2 aliphatic heterocycles. The minimum absolute atomic E-state index is 0.0575. The van der Waals surface area contributed by atoms with Gasteiger partial charge in [-0.3, -0.25) is 43.0 Å². The lowest BCUT2D eigenvalue weighted by Gasteiger charge is -2.31. The second-order valence-corrected chi connectivity index (χ2v) is 19.8. The van der Waals surface area contributed by atoms with Crippen LogP contribution in [0.15, 0.2) is 78.4 Å². The largest absolute Gasteiger partial charge is 0.394 e. The number of aryl methyl sites for hydroxylation is 1. The summed E-state index contributed by atoms with van der Waals surface area (Å²) in [5, 5.41) is 35.7. The van der Waals surface area contributed by atoms with Crippen molar-refractivity contribution in [1.82, 2.24) is 66.7 Å². The van der Waals surface area contributed by atoms with Crippen molar-refractivity contribution in [3.05, 3.63) is 96.0 Å². The van der Waals surface area contributed by atoms with E-state index in [2.05, 4.69) is 62.2 Å². The van der Waals surface area contributed by atoms with Crippen molar-refractivity contribution in [2.75, 3.05) is 13.2 Å². The van der Waals surface area contributed by atoms with Gasteiger partial charge < -0.3 is 74.8 Å². The number of rotatable bonds is 10. The quantitative estimate of drug-likeness (QED) is 0.0497. The van der Waals surface area contributed by atoms with Crippen LogP contribution in [0.25, 0.3) is 10.9 Å². The van der Waals surface area contributed by atoms with Gasteiger partial charge in [-0.2, -0.15) is 0 Å². The van der Waals surface area contributed by atoms with Crippen LogP contribution < -0.4 is 54.8 Å². The lowest BCUT2D eigenvalue weighted by Crippen LogP contribution is -2.61. The summed E-state index contributed by atoms with van der Waals surface area (Å²) in [6.07, 6.45) is 7.36. The molecule has 5 heterocycles. The Morgan fingerprint density at radius 3 is 2.13 bits per heavy atom. The zero-order valence-electron chi connectivity index (χ0n) is 43.3. The van der Waals surface area contributed by atoms with Gasteiger partial charge in [0, 0.05) is 74.0 Å². The fourth-order valence-electron chi connectivity index (χ4n) is 9.43. The van der Waals surface area contributed by atoms with Crippen molar-refractivity contribution < 1.29 is 43.5 Å².